The fraction of sp³-hybridized carbons (Fsp3) is 0.160. The molecular formula is C25H22NO3S-. The van der Waals surface area contributed by atoms with Crippen LogP contribution >= 0.6 is 11.8 Å². The van der Waals surface area contributed by atoms with Gasteiger partial charge in [0.05, 0.1) is 16.7 Å². The van der Waals surface area contributed by atoms with Gasteiger partial charge in [0.15, 0.2) is 0 Å². The zero-order valence-electron chi connectivity index (χ0n) is 16.4. The predicted octanol–water partition coefficient (Wildman–Crippen LogP) is 4.29. The second-order valence-electron chi connectivity index (χ2n) is 6.93. The Bertz CT molecular complexity index is 1070. The minimum atomic E-state index is -1.23. The van der Waals surface area contributed by atoms with Crippen LogP contribution in [0.4, 0.5) is 0 Å². The van der Waals surface area contributed by atoms with Gasteiger partial charge in [-0.05, 0) is 29.3 Å². The molecule has 0 aliphatic carbocycles. The van der Waals surface area contributed by atoms with Crippen molar-refractivity contribution < 1.29 is 14.6 Å². The Labute approximate surface area is 180 Å². The number of carboxylic acid groups (broad SMARTS) is 1. The lowest BCUT2D eigenvalue weighted by molar-refractivity contribution is -0.307. The van der Waals surface area contributed by atoms with Crippen molar-refractivity contribution in [2.75, 3.05) is 12.4 Å². The molecule has 0 aliphatic heterocycles. The maximum atomic E-state index is 10.7. The molecule has 0 fully saturated rings. The van der Waals surface area contributed by atoms with Gasteiger partial charge in [0.1, 0.15) is 12.4 Å². The van der Waals surface area contributed by atoms with Crippen molar-refractivity contribution in [3.63, 3.8) is 0 Å². The Morgan fingerprint density at radius 1 is 0.900 bits per heavy atom. The Morgan fingerprint density at radius 3 is 2.20 bits per heavy atom. The van der Waals surface area contributed by atoms with Gasteiger partial charge in [0, 0.05) is 23.9 Å². The number of fused-ring (bicyclic) bond motifs is 1. The van der Waals surface area contributed by atoms with Crippen LogP contribution in [0.1, 0.15) is 16.4 Å². The number of carboxylic acids is 1. The van der Waals surface area contributed by atoms with Crippen LogP contribution in [0.15, 0.2) is 91.1 Å². The molecular weight excluding hydrogens is 394 g/mol. The largest absolute Gasteiger partial charge is 0.546 e. The van der Waals surface area contributed by atoms with Crippen LogP contribution in [0.25, 0.3) is 10.9 Å². The van der Waals surface area contributed by atoms with Crippen molar-refractivity contribution in [2.24, 2.45) is 0 Å². The normalized spacial score (nSPS) is 11.1. The Morgan fingerprint density at radius 2 is 1.57 bits per heavy atom. The summed E-state index contributed by atoms with van der Waals surface area (Å²) in [6.45, 7) is 0.393. The van der Waals surface area contributed by atoms with Crippen LogP contribution < -0.4 is 9.84 Å². The Balaban J connectivity index is 1.49. The molecule has 0 aliphatic rings. The van der Waals surface area contributed by atoms with E-state index in [1.165, 1.54) is 11.1 Å². The number of aliphatic carboxylic acids is 1. The van der Waals surface area contributed by atoms with Crippen molar-refractivity contribution in [3.8, 4) is 5.75 Å². The molecule has 1 heterocycles. The minimum absolute atomic E-state index is 0.274. The molecule has 0 amide bonds. The zero-order valence-corrected chi connectivity index (χ0v) is 17.3. The first-order chi connectivity index (χ1) is 14.7. The lowest BCUT2D eigenvalue weighted by atomic mass is 10.0. The summed E-state index contributed by atoms with van der Waals surface area (Å²) in [7, 11) is 0. The number of hydrogen-bond donors (Lipinski definition) is 0. The van der Waals surface area contributed by atoms with Gasteiger partial charge in [-0.2, -0.15) is 0 Å². The summed E-state index contributed by atoms with van der Waals surface area (Å²) in [6.07, 6.45) is 2.02. The van der Waals surface area contributed by atoms with E-state index in [1.807, 2.05) is 48.3 Å². The standard InChI is InChI=1S/C25H23NO3S/c27-24(28)18-29-23-13-7-12-22-21(23)14-15-26(22)16-17-30-25(19-8-3-1-4-9-19)20-10-5-2-6-11-20/h1-15,25H,16-18H2,(H,27,28)/p-1. The molecule has 0 bridgehead atoms. The number of carbonyl (C=O) groups excluding carboxylic acids is 1. The van der Waals surface area contributed by atoms with Gasteiger partial charge in [-0.15, -0.1) is 11.8 Å². The fourth-order valence-corrected chi connectivity index (χ4v) is 4.80. The van der Waals surface area contributed by atoms with Crippen LogP contribution in [0.3, 0.4) is 0 Å². The van der Waals surface area contributed by atoms with Gasteiger partial charge < -0.3 is 19.2 Å². The molecule has 30 heavy (non-hydrogen) atoms. The first-order valence-corrected chi connectivity index (χ1v) is 10.9. The van der Waals surface area contributed by atoms with E-state index in [9.17, 15) is 9.90 Å². The van der Waals surface area contributed by atoms with E-state index in [0.29, 0.717) is 5.75 Å². The van der Waals surface area contributed by atoms with E-state index in [-0.39, 0.29) is 5.25 Å². The second-order valence-corrected chi connectivity index (χ2v) is 8.14. The minimum Gasteiger partial charge on any atom is -0.546 e. The lowest BCUT2D eigenvalue weighted by Gasteiger charge is -2.18. The van der Waals surface area contributed by atoms with Gasteiger partial charge in [-0.1, -0.05) is 66.7 Å². The molecule has 152 valence electrons. The average Bonchev–Trinajstić information content (AvgIpc) is 3.20. The first kappa shape index (κ1) is 20.1. The number of carbonyl (C=O) groups is 1. The average molecular weight is 417 g/mol. The molecule has 0 saturated carbocycles. The number of hydrogen-bond acceptors (Lipinski definition) is 4. The van der Waals surface area contributed by atoms with Crippen LogP contribution in [0.5, 0.6) is 5.75 Å². The van der Waals surface area contributed by atoms with Gasteiger partial charge >= 0.3 is 0 Å². The topological polar surface area (TPSA) is 54.3 Å². The number of rotatable bonds is 9. The number of thioether (sulfide) groups is 1. The van der Waals surface area contributed by atoms with Crippen molar-refractivity contribution in [1.29, 1.82) is 0 Å². The molecule has 0 N–H and O–H groups in total. The highest BCUT2D eigenvalue weighted by molar-refractivity contribution is 7.99. The van der Waals surface area contributed by atoms with Gasteiger partial charge in [0.25, 0.3) is 0 Å². The molecule has 4 rings (SSSR count). The number of aromatic nitrogens is 1. The van der Waals surface area contributed by atoms with Crippen LogP contribution in [-0.4, -0.2) is 22.9 Å². The number of aryl methyl sites for hydroxylation is 1. The second kappa shape index (κ2) is 9.55. The highest BCUT2D eigenvalue weighted by Crippen LogP contribution is 2.36. The molecule has 0 radical (unpaired) electrons. The van der Waals surface area contributed by atoms with Crippen LogP contribution in [0, 0.1) is 0 Å². The van der Waals surface area contributed by atoms with Crippen molar-refractivity contribution >= 4 is 28.6 Å². The summed E-state index contributed by atoms with van der Waals surface area (Å²) in [5.41, 5.74) is 3.62. The van der Waals surface area contributed by atoms with E-state index >= 15 is 0 Å². The third-order valence-electron chi connectivity index (χ3n) is 4.94. The molecule has 4 aromatic rings. The number of benzene rings is 3. The summed E-state index contributed by atoms with van der Waals surface area (Å²) in [5, 5.41) is 11.9. The molecule has 0 unspecified atom stereocenters. The van der Waals surface area contributed by atoms with Crippen molar-refractivity contribution in [1.82, 2.24) is 4.57 Å². The van der Waals surface area contributed by atoms with Crippen molar-refractivity contribution in [3.05, 3.63) is 102 Å². The predicted molar refractivity (Wildman–Crippen MR) is 120 cm³/mol. The van der Waals surface area contributed by atoms with Gasteiger partial charge in [-0.3, -0.25) is 0 Å². The van der Waals surface area contributed by atoms with E-state index in [4.69, 9.17) is 4.74 Å². The Hall–Kier alpha value is -3.18. The smallest absolute Gasteiger partial charge is 0.129 e. The molecule has 0 spiro atoms. The fourth-order valence-electron chi connectivity index (χ4n) is 3.56. The van der Waals surface area contributed by atoms with Gasteiger partial charge in [-0.25, -0.2) is 0 Å². The SMILES string of the molecule is O=C([O-])COc1cccc2c1ccn2CCSC(c1ccccc1)c1ccccc1. The zero-order chi connectivity index (χ0) is 20.8. The van der Waals surface area contributed by atoms with Crippen LogP contribution in [0.2, 0.25) is 0 Å². The Kier molecular flexibility index (Phi) is 6.40. The molecule has 5 heteroatoms. The lowest BCUT2D eigenvalue weighted by Crippen LogP contribution is -2.28. The van der Waals surface area contributed by atoms with E-state index in [1.54, 1.807) is 6.07 Å². The monoisotopic (exact) mass is 416 g/mol. The number of nitrogens with zero attached hydrogens (tertiary/aromatic N) is 1. The quantitative estimate of drug-likeness (QED) is 0.408. The third kappa shape index (κ3) is 4.69. The van der Waals surface area contributed by atoms with E-state index < -0.39 is 12.6 Å². The first-order valence-electron chi connectivity index (χ1n) is 9.84. The molecule has 0 atom stereocenters. The molecule has 1 aromatic heterocycles. The van der Waals surface area contributed by atoms with Crippen molar-refractivity contribution in [2.45, 2.75) is 11.8 Å². The summed E-state index contributed by atoms with van der Waals surface area (Å²) in [4.78, 5) is 10.7. The summed E-state index contributed by atoms with van der Waals surface area (Å²) in [5.74, 6) is 0.271. The summed E-state index contributed by atoms with van der Waals surface area (Å²) in [6, 6.07) is 28.8. The van der Waals surface area contributed by atoms with E-state index in [0.717, 1.165) is 23.2 Å². The molecule has 4 nitrogen and oxygen atoms in total. The highest BCUT2D eigenvalue weighted by Gasteiger charge is 2.14. The highest BCUT2D eigenvalue weighted by atomic mass is 32.2. The van der Waals surface area contributed by atoms with E-state index in [2.05, 4.69) is 53.1 Å². The third-order valence-corrected chi connectivity index (χ3v) is 6.24. The molecule has 0 saturated heterocycles. The maximum absolute atomic E-state index is 10.7. The number of ether oxygens (including phenoxy) is 1. The maximum Gasteiger partial charge on any atom is 0.129 e. The van der Waals surface area contributed by atoms with Gasteiger partial charge in [0.2, 0.25) is 0 Å². The molecule has 3 aromatic carbocycles. The summed E-state index contributed by atoms with van der Waals surface area (Å²) >= 11 is 1.91. The summed E-state index contributed by atoms with van der Waals surface area (Å²) < 4.78 is 7.55. The van der Waals surface area contributed by atoms with Crippen LogP contribution in [-0.2, 0) is 11.3 Å².